The Balaban J connectivity index is 1.84. The number of anilines is 1. The van der Waals surface area contributed by atoms with Crippen molar-refractivity contribution in [2.75, 3.05) is 31.7 Å². The quantitative estimate of drug-likeness (QED) is 0.319. The van der Waals surface area contributed by atoms with Gasteiger partial charge in [-0.05, 0) is 62.2 Å². The number of hydrogen-bond acceptors (Lipinski definition) is 7. The molecule has 4 rings (SSSR count). The van der Waals surface area contributed by atoms with Crippen LogP contribution in [0.2, 0.25) is 0 Å². The van der Waals surface area contributed by atoms with Crippen molar-refractivity contribution in [1.82, 2.24) is 4.57 Å². The van der Waals surface area contributed by atoms with E-state index in [9.17, 15) is 9.59 Å². The summed E-state index contributed by atoms with van der Waals surface area (Å²) in [6, 6.07) is 14.8. The summed E-state index contributed by atoms with van der Waals surface area (Å²) < 4.78 is 12.8. The monoisotopic (exact) mass is 517 g/mol. The second-order valence-electron chi connectivity index (χ2n) is 8.51. The Morgan fingerprint density at radius 2 is 1.81 bits per heavy atom. The van der Waals surface area contributed by atoms with Crippen LogP contribution in [0.5, 0.6) is 5.75 Å². The van der Waals surface area contributed by atoms with Crippen LogP contribution in [0.15, 0.2) is 82.2 Å². The summed E-state index contributed by atoms with van der Waals surface area (Å²) in [5.41, 5.74) is 3.46. The van der Waals surface area contributed by atoms with E-state index >= 15 is 0 Å². The van der Waals surface area contributed by atoms with Crippen molar-refractivity contribution in [2.24, 2.45) is 4.99 Å². The van der Waals surface area contributed by atoms with Gasteiger partial charge in [-0.15, -0.1) is 0 Å². The lowest BCUT2D eigenvalue weighted by Gasteiger charge is -2.24. The van der Waals surface area contributed by atoms with Crippen LogP contribution in [0.25, 0.3) is 6.08 Å². The highest BCUT2D eigenvalue weighted by Crippen LogP contribution is 2.31. The van der Waals surface area contributed by atoms with Gasteiger partial charge in [0, 0.05) is 18.8 Å². The second-order valence-corrected chi connectivity index (χ2v) is 9.52. The Kier molecular flexibility index (Phi) is 8.08. The van der Waals surface area contributed by atoms with Crippen molar-refractivity contribution in [1.29, 1.82) is 0 Å². The normalized spacial score (nSPS) is 15.1. The SMILES string of the molecule is C=CCOC(=O)C1=C(C)N=c2sc(=Cc3ccc(N(CC)CC)cc3)c(=O)n2C1c1ccc(OC)cc1. The Morgan fingerprint density at radius 3 is 2.41 bits per heavy atom. The molecule has 0 spiro atoms. The van der Waals surface area contributed by atoms with Gasteiger partial charge in [-0.1, -0.05) is 48.3 Å². The van der Waals surface area contributed by atoms with Gasteiger partial charge in [0.25, 0.3) is 5.56 Å². The highest BCUT2D eigenvalue weighted by atomic mass is 32.1. The first kappa shape index (κ1) is 26.2. The van der Waals surface area contributed by atoms with Crippen LogP contribution in [0.4, 0.5) is 5.69 Å². The number of aromatic nitrogens is 1. The summed E-state index contributed by atoms with van der Waals surface area (Å²) in [7, 11) is 1.59. The topological polar surface area (TPSA) is 73.1 Å². The first-order chi connectivity index (χ1) is 17.9. The van der Waals surface area contributed by atoms with Gasteiger partial charge in [0.1, 0.15) is 12.4 Å². The van der Waals surface area contributed by atoms with E-state index in [1.165, 1.54) is 17.4 Å². The standard InChI is InChI=1S/C29H31N3O4S/c1-6-17-36-28(34)25-19(4)30-29-32(26(25)21-11-15-23(35-5)16-12-21)27(33)24(37-29)18-20-9-13-22(14-10-20)31(7-2)8-3/h6,9-16,18,26H,1,7-8,17H2,2-5H3. The Hall–Kier alpha value is -3.91. The highest BCUT2D eigenvalue weighted by Gasteiger charge is 2.33. The van der Waals surface area contributed by atoms with Crippen LogP contribution < -0.4 is 24.5 Å². The van der Waals surface area contributed by atoms with E-state index in [0.717, 1.165) is 29.9 Å². The molecule has 7 nitrogen and oxygen atoms in total. The van der Waals surface area contributed by atoms with E-state index in [1.54, 1.807) is 18.6 Å². The minimum Gasteiger partial charge on any atom is -0.497 e. The molecule has 0 radical (unpaired) electrons. The van der Waals surface area contributed by atoms with Gasteiger partial charge in [0.05, 0.1) is 29.0 Å². The molecule has 1 aromatic heterocycles. The number of allylic oxidation sites excluding steroid dienone is 1. The molecule has 3 aromatic rings. The maximum absolute atomic E-state index is 13.7. The number of benzene rings is 2. The van der Waals surface area contributed by atoms with Crippen LogP contribution in [0.3, 0.4) is 0 Å². The number of methoxy groups -OCH3 is 1. The molecule has 1 unspecified atom stereocenters. The number of ether oxygens (including phenoxy) is 2. The predicted molar refractivity (Wildman–Crippen MR) is 148 cm³/mol. The molecule has 2 heterocycles. The number of carbonyl (C=O) groups excluding carboxylic acids is 1. The molecule has 1 atom stereocenters. The number of esters is 1. The highest BCUT2D eigenvalue weighted by molar-refractivity contribution is 7.07. The van der Waals surface area contributed by atoms with E-state index < -0.39 is 12.0 Å². The van der Waals surface area contributed by atoms with Crippen LogP contribution in [-0.2, 0) is 9.53 Å². The number of nitrogens with zero attached hydrogens (tertiary/aromatic N) is 3. The van der Waals surface area contributed by atoms with E-state index in [2.05, 4.69) is 42.5 Å². The number of fused-ring (bicyclic) bond motifs is 1. The van der Waals surface area contributed by atoms with Crippen molar-refractivity contribution in [3.63, 3.8) is 0 Å². The first-order valence-electron chi connectivity index (χ1n) is 12.2. The molecule has 0 aliphatic carbocycles. The number of hydrogen-bond donors (Lipinski definition) is 0. The molecular weight excluding hydrogens is 486 g/mol. The molecule has 37 heavy (non-hydrogen) atoms. The Bertz CT molecular complexity index is 1490. The van der Waals surface area contributed by atoms with Gasteiger partial charge in [-0.25, -0.2) is 9.79 Å². The molecule has 0 saturated heterocycles. The Morgan fingerprint density at radius 1 is 1.14 bits per heavy atom. The molecule has 8 heteroatoms. The van der Waals surface area contributed by atoms with Crippen LogP contribution in [0.1, 0.15) is 37.9 Å². The third-order valence-electron chi connectivity index (χ3n) is 6.32. The third kappa shape index (κ3) is 5.29. The maximum atomic E-state index is 13.7. The minimum absolute atomic E-state index is 0.0683. The van der Waals surface area contributed by atoms with Gasteiger partial charge in [0.2, 0.25) is 0 Å². The van der Waals surface area contributed by atoms with E-state index in [-0.39, 0.29) is 12.2 Å². The van der Waals surface area contributed by atoms with Gasteiger partial charge >= 0.3 is 5.97 Å². The predicted octanol–water partition coefficient (Wildman–Crippen LogP) is 3.82. The Labute approximate surface area is 220 Å². The zero-order valence-corrected chi connectivity index (χ0v) is 22.4. The molecule has 0 amide bonds. The lowest BCUT2D eigenvalue weighted by molar-refractivity contribution is -0.138. The summed E-state index contributed by atoms with van der Waals surface area (Å²) >= 11 is 1.31. The van der Waals surface area contributed by atoms with Gasteiger partial charge in [-0.2, -0.15) is 0 Å². The third-order valence-corrected chi connectivity index (χ3v) is 7.31. The van der Waals surface area contributed by atoms with Gasteiger partial charge in [0.15, 0.2) is 4.80 Å². The molecule has 0 fully saturated rings. The van der Waals surface area contributed by atoms with Crippen molar-refractivity contribution in [3.8, 4) is 5.75 Å². The lowest BCUT2D eigenvalue weighted by atomic mass is 9.96. The smallest absolute Gasteiger partial charge is 0.338 e. The molecule has 0 bridgehead atoms. The molecule has 1 aliphatic rings. The fourth-order valence-corrected chi connectivity index (χ4v) is 5.46. The van der Waals surface area contributed by atoms with Crippen LogP contribution in [0, 0.1) is 0 Å². The molecule has 2 aromatic carbocycles. The van der Waals surface area contributed by atoms with E-state index in [0.29, 0.717) is 26.4 Å². The molecule has 1 aliphatic heterocycles. The second kappa shape index (κ2) is 11.4. The average Bonchev–Trinajstić information content (AvgIpc) is 3.22. The summed E-state index contributed by atoms with van der Waals surface area (Å²) in [6.07, 6.45) is 3.38. The number of carbonyl (C=O) groups is 1. The zero-order chi connectivity index (χ0) is 26.5. The zero-order valence-electron chi connectivity index (χ0n) is 21.6. The maximum Gasteiger partial charge on any atom is 0.338 e. The summed E-state index contributed by atoms with van der Waals surface area (Å²) in [4.78, 5) is 34.3. The van der Waals surface area contributed by atoms with Crippen molar-refractivity contribution in [3.05, 3.63) is 103 Å². The fourth-order valence-electron chi connectivity index (χ4n) is 4.42. The van der Waals surface area contributed by atoms with Crippen molar-refractivity contribution >= 4 is 29.1 Å². The van der Waals surface area contributed by atoms with Gasteiger partial charge in [-0.3, -0.25) is 9.36 Å². The number of rotatable bonds is 9. The fraction of sp³-hybridized carbons (Fsp3) is 0.276. The number of thiazole rings is 1. The summed E-state index contributed by atoms with van der Waals surface area (Å²) in [5, 5.41) is 0. The van der Waals surface area contributed by atoms with Crippen molar-refractivity contribution in [2.45, 2.75) is 26.8 Å². The van der Waals surface area contributed by atoms with Crippen LogP contribution in [-0.4, -0.2) is 37.3 Å². The summed E-state index contributed by atoms with van der Waals surface area (Å²) in [6.45, 7) is 11.6. The minimum atomic E-state index is -0.674. The van der Waals surface area contributed by atoms with E-state index in [1.807, 2.05) is 42.5 Å². The van der Waals surface area contributed by atoms with Gasteiger partial charge < -0.3 is 14.4 Å². The van der Waals surface area contributed by atoms with E-state index in [4.69, 9.17) is 9.47 Å². The van der Waals surface area contributed by atoms with Crippen LogP contribution >= 0.6 is 11.3 Å². The van der Waals surface area contributed by atoms with Crippen molar-refractivity contribution < 1.29 is 14.3 Å². The molecular formula is C29H31N3O4S. The molecule has 0 N–H and O–H groups in total. The molecule has 192 valence electrons. The average molecular weight is 518 g/mol. The molecule has 0 saturated carbocycles. The first-order valence-corrected chi connectivity index (χ1v) is 13.0. The largest absolute Gasteiger partial charge is 0.497 e. The lowest BCUT2D eigenvalue weighted by Crippen LogP contribution is -2.39. The summed E-state index contributed by atoms with van der Waals surface area (Å²) in [5.74, 6) is 0.157.